The second kappa shape index (κ2) is 5.02. The number of benzene rings is 1. The van der Waals surface area contributed by atoms with Gasteiger partial charge in [-0.2, -0.15) is 0 Å². The second-order valence-corrected chi connectivity index (χ2v) is 5.68. The molecule has 0 bridgehead atoms. The van der Waals surface area contributed by atoms with E-state index in [0.29, 0.717) is 11.6 Å². The first-order chi connectivity index (χ1) is 8.83. The standard InChI is InChI=1S/C16H23NO/c1-2-16(9-5-10-17-16)12-15-14-7-4-3-6-13(14)8-11-18-15/h3-4,6-7,15,17H,2,5,8-12H2,1H3. The van der Waals surface area contributed by atoms with Crippen molar-refractivity contribution in [1.82, 2.24) is 5.32 Å². The number of rotatable bonds is 3. The van der Waals surface area contributed by atoms with E-state index < -0.39 is 0 Å². The van der Waals surface area contributed by atoms with Gasteiger partial charge in [-0.15, -0.1) is 0 Å². The summed E-state index contributed by atoms with van der Waals surface area (Å²) < 4.78 is 6.05. The van der Waals surface area contributed by atoms with Crippen LogP contribution in [0.25, 0.3) is 0 Å². The normalized spacial score (nSPS) is 31.3. The zero-order valence-corrected chi connectivity index (χ0v) is 11.2. The van der Waals surface area contributed by atoms with Gasteiger partial charge in [0.05, 0.1) is 12.7 Å². The van der Waals surface area contributed by atoms with Crippen molar-refractivity contribution in [3.8, 4) is 0 Å². The molecule has 2 unspecified atom stereocenters. The van der Waals surface area contributed by atoms with Gasteiger partial charge in [-0.3, -0.25) is 0 Å². The highest BCUT2D eigenvalue weighted by molar-refractivity contribution is 5.31. The highest BCUT2D eigenvalue weighted by Crippen LogP contribution is 2.37. The third-order valence-electron chi connectivity index (χ3n) is 4.68. The highest BCUT2D eigenvalue weighted by atomic mass is 16.5. The van der Waals surface area contributed by atoms with Gasteiger partial charge in [-0.1, -0.05) is 31.2 Å². The van der Waals surface area contributed by atoms with Crippen LogP contribution < -0.4 is 5.32 Å². The Morgan fingerprint density at radius 2 is 2.28 bits per heavy atom. The van der Waals surface area contributed by atoms with Crippen molar-refractivity contribution in [2.45, 2.75) is 50.7 Å². The molecule has 1 aromatic carbocycles. The third-order valence-corrected chi connectivity index (χ3v) is 4.68. The first kappa shape index (κ1) is 12.2. The molecule has 98 valence electrons. The van der Waals surface area contributed by atoms with Gasteiger partial charge >= 0.3 is 0 Å². The van der Waals surface area contributed by atoms with Crippen molar-refractivity contribution in [3.63, 3.8) is 0 Å². The van der Waals surface area contributed by atoms with E-state index in [0.717, 1.165) is 19.4 Å². The lowest BCUT2D eigenvalue weighted by Crippen LogP contribution is -2.41. The fourth-order valence-electron chi connectivity index (χ4n) is 3.49. The van der Waals surface area contributed by atoms with E-state index >= 15 is 0 Å². The SMILES string of the molecule is CCC1(CC2OCCc3ccccc32)CCCN1. The van der Waals surface area contributed by atoms with Crippen LogP contribution in [0.4, 0.5) is 0 Å². The zero-order valence-electron chi connectivity index (χ0n) is 11.2. The summed E-state index contributed by atoms with van der Waals surface area (Å²) >= 11 is 0. The van der Waals surface area contributed by atoms with Gasteiger partial charge in [0.1, 0.15) is 0 Å². The molecular formula is C16H23NO. The van der Waals surface area contributed by atoms with Crippen LogP contribution in [0.3, 0.4) is 0 Å². The minimum absolute atomic E-state index is 0.292. The van der Waals surface area contributed by atoms with Gasteiger partial charge < -0.3 is 10.1 Å². The van der Waals surface area contributed by atoms with Crippen LogP contribution in [0.5, 0.6) is 0 Å². The summed E-state index contributed by atoms with van der Waals surface area (Å²) in [6.07, 6.45) is 6.29. The van der Waals surface area contributed by atoms with E-state index in [-0.39, 0.29) is 0 Å². The molecule has 0 amide bonds. The molecule has 18 heavy (non-hydrogen) atoms. The maximum Gasteiger partial charge on any atom is 0.0845 e. The van der Waals surface area contributed by atoms with Crippen molar-refractivity contribution < 1.29 is 4.74 Å². The Hall–Kier alpha value is -0.860. The van der Waals surface area contributed by atoms with Crippen LogP contribution in [0, 0.1) is 0 Å². The van der Waals surface area contributed by atoms with Crippen LogP contribution in [-0.2, 0) is 11.2 Å². The third kappa shape index (κ3) is 2.19. The summed E-state index contributed by atoms with van der Waals surface area (Å²) in [7, 11) is 0. The Morgan fingerprint density at radius 1 is 1.39 bits per heavy atom. The molecule has 2 heterocycles. The van der Waals surface area contributed by atoms with Crippen molar-refractivity contribution in [3.05, 3.63) is 35.4 Å². The highest BCUT2D eigenvalue weighted by Gasteiger charge is 2.36. The fourth-order valence-corrected chi connectivity index (χ4v) is 3.49. The summed E-state index contributed by atoms with van der Waals surface area (Å²) in [6.45, 7) is 4.34. The van der Waals surface area contributed by atoms with Crippen LogP contribution >= 0.6 is 0 Å². The predicted octanol–water partition coefficient (Wildman–Crippen LogP) is 3.22. The van der Waals surface area contributed by atoms with E-state index in [4.69, 9.17) is 4.74 Å². The Labute approximate surface area is 110 Å². The topological polar surface area (TPSA) is 21.3 Å². The number of hydrogen-bond donors (Lipinski definition) is 1. The van der Waals surface area contributed by atoms with E-state index in [1.165, 1.54) is 36.9 Å². The lowest BCUT2D eigenvalue weighted by atomic mass is 9.83. The lowest BCUT2D eigenvalue weighted by Gasteiger charge is -2.35. The molecule has 0 radical (unpaired) electrons. The lowest BCUT2D eigenvalue weighted by molar-refractivity contribution is 0.0171. The average Bonchev–Trinajstić information content (AvgIpc) is 2.88. The second-order valence-electron chi connectivity index (χ2n) is 5.68. The van der Waals surface area contributed by atoms with E-state index in [1.807, 2.05) is 0 Å². The maximum atomic E-state index is 6.05. The average molecular weight is 245 g/mol. The van der Waals surface area contributed by atoms with Gasteiger partial charge in [0, 0.05) is 5.54 Å². The molecule has 2 nitrogen and oxygen atoms in total. The predicted molar refractivity (Wildman–Crippen MR) is 73.7 cm³/mol. The van der Waals surface area contributed by atoms with Crippen molar-refractivity contribution in [1.29, 1.82) is 0 Å². The molecule has 2 aliphatic heterocycles. The van der Waals surface area contributed by atoms with Gasteiger partial charge in [0.25, 0.3) is 0 Å². The summed E-state index contributed by atoms with van der Waals surface area (Å²) in [5.74, 6) is 0. The maximum absolute atomic E-state index is 6.05. The van der Waals surface area contributed by atoms with E-state index in [1.54, 1.807) is 0 Å². The first-order valence-electron chi connectivity index (χ1n) is 7.27. The Morgan fingerprint density at radius 3 is 3.06 bits per heavy atom. The van der Waals surface area contributed by atoms with Crippen LogP contribution in [0.15, 0.2) is 24.3 Å². The van der Waals surface area contributed by atoms with Crippen LogP contribution in [0.2, 0.25) is 0 Å². The van der Waals surface area contributed by atoms with E-state index in [2.05, 4.69) is 36.5 Å². The number of nitrogens with one attached hydrogen (secondary N) is 1. The molecule has 0 saturated carbocycles. The largest absolute Gasteiger partial charge is 0.373 e. The zero-order chi connectivity index (χ0) is 12.4. The molecule has 0 spiro atoms. The molecule has 1 saturated heterocycles. The number of ether oxygens (including phenoxy) is 1. The van der Waals surface area contributed by atoms with E-state index in [9.17, 15) is 0 Å². The minimum atomic E-state index is 0.292. The summed E-state index contributed by atoms with van der Waals surface area (Å²) in [5.41, 5.74) is 3.22. The molecule has 1 N–H and O–H groups in total. The Balaban J connectivity index is 1.81. The molecule has 2 atom stereocenters. The van der Waals surface area contributed by atoms with Crippen LogP contribution in [-0.4, -0.2) is 18.7 Å². The quantitative estimate of drug-likeness (QED) is 0.883. The fraction of sp³-hybridized carbons (Fsp3) is 0.625. The smallest absolute Gasteiger partial charge is 0.0845 e. The summed E-state index contributed by atoms with van der Waals surface area (Å²) in [6, 6.07) is 8.79. The molecule has 1 fully saturated rings. The minimum Gasteiger partial charge on any atom is -0.373 e. The Kier molecular flexibility index (Phi) is 3.40. The van der Waals surface area contributed by atoms with Gasteiger partial charge in [0.15, 0.2) is 0 Å². The van der Waals surface area contributed by atoms with Crippen molar-refractivity contribution in [2.75, 3.05) is 13.2 Å². The number of fused-ring (bicyclic) bond motifs is 1. The van der Waals surface area contributed by atoms with Gasteiger partial charge in [-0.05, 0) is 49.8 Å². The molecule has 0 aliphatic carbocycles. The van der Waals surface area contributed by atoms with Crippen molar-refractivity contribution in [2.24, 2.45) is 0 Å². The Bertz CT molecular complexity index is 409. The van der Waals surface area contributed by atoms with Gasteiger partial charge in [0.2, 0.25) is 0 Å². The molecule has 1 aromatic rings. The van der Waals surface area contributed by atoms with Crippen LogP contribution in [0.1, 0.15) is 49.8 Å². The molecule has 2 heteroatoms. The summed E-state index contributed by atoms with van der Waals surface area (Å²) in [5, 5.41) is 3.72. The molecular weight excluding hydrogens is 222 g/mol. The molecule has 2 aliphatic rings. The molecule has 0 aromatic heterocycles. The monoisotopic (exact) mass is 245 g/mol. The first-order valence-corrected chi connectivity index (χ1v) is 7.27. The number of hydrogen-bond acceptors (Lipinski definition) is 2. The van der Waals surface area contributed by atoms with Gasteiger partial charge in [-0.25, -0.2) is 0 Å². The summed E-state index contributed by atoms with van der Waals surface area (Å²) in [4.78, 5) is 0. The van der Waals surface area contributed by atoms with Crippen molar-refractivity contribution >= 4 is 0 Å². The molecule has 3 rings (SSSR count).